The molecule has 1 aromatic heterocycles. The fourth-order valence-electron chi connectivity index (χ4n) is 1.81. The zero-order valence-corrected chi connectivity index (χ0v) is 12.9. The van der Waals surface area contributed by atoms with Crippen molar-refractivity contribution in [3.63, 3.8) is 0 Å². The van der Waals surface area contributed by atoms with E-state index in [9.17, 15) is 0 Å². The van der Waals surface area contributed by atoms with E-state index in [1.54, 1.807) is 0 Å². The Balaban J connectivity index is 1.70. The van der Waals surface area contributed by atoms with Gasteiger partial charge < -0.3 is 14.6 Å². The summed E-state index contributed by atoms with van der Waals surface area (Å²) >= 11 is 0. The van der Waals surface area contributed by atoms with Crippen LogP contribution >= 0.6 is 0 Å². The van der Waals surface area contributed by atoms with E-state index in [-0.39, 0.29) is 5.54 Å². The van der Waals surface area contributed by atoms with Crippen molar-refractivity contribution in [1.82, 2.24) is 15.5 Å². The smallest absolute Gasteiger partial charge is 0.227 e. The van der Waals surface area contributed by atoms with E-state index < -0.39 is 0 Å². The van der Waals surface area contributed by atoms with Crippen LogP contribution in [0.1, 0.15) is 32.5 Å². The molecule has 0 radical (unpaired) electrons. The van der Waals surface area contributed by atoms with Gasteiger partial charge in [0.1, 0.15) is 5.75 Å². The second kappa shape index (κ2) is 7.22. The first-order valence-electron chi connectivity index (χ1n) is 7.27. The van der Waals surface area contributed by atoms with Gasteiger partial charge in [0, 0.05) is 24.9 Å². The molecule has 1 aromatic carbocycles. The number of benzene rings is 1. The topological polar surface area (TPSA) is 60.2 Å². The lowest BCUT2D eigenvalue weighted by Gasteiger charge is -2.19. The molecule has 0 atom stereocenters. The van der Waals surface area contributed by atoms with Gasteiger partial charge in [-0.1, -0.05) is 23.4 Å². The Hall–Kier alpha value is -1.88. The highest BCUT2D eigenvalue weighted by molar-refractivity contribution is 5.20. The summed E-state index contributed by atoms with van der Waals surface area (Å²) in [5, 5.41) is 7.36. The predicted molar refractivity (Wildman–Crippen MR) is 81.4 cm³/mol. The van der Waals surface area contributed by atoms with Gasteiger partial charge in [-0.2, -0.15) is 4.98 Å². The number of hydrogen-bond donors (Lipinski definition) is 1. The number of nitrogens with one attached hydrogen (secondary N) is 1. The Labute approximate surface area is 125 Å². The summed E-state index contributed by atoms with van der Waals surface area (Å²) < 4.78 is 10.8. The van der Waals surface area contributed by atoms with Crippen molar-refractivity contribution in [2.24, 2.45) is 0 Å². The van der Waals surface area contributed by atoms with Gasteiger partial charge in [0.15, 0.2) is 5.82 Å². The Morgan fingerprint density at radius 2 is 1.90 bits per heavy atom. The van der Waals surface area contributed by atoms with Crippen LogP contribution in [-0.4, -0.2) is 28.8 Å². The Bertz CT molecular complexity index is 532. The summed E-state index contributed by atoms with van der Waals surface area (Å²) in [6.45, 7) is 7.77. The molecule has 2 aromatic rings. The van der Waals surface area contributed by atoms with Gasteiger partial charge in [-0.05, 0) is 32.9 Å². The van der Waals surface area contributed by atoms with Crippen LogP contribution in [0.25, 0.3) is 0 Å². The minimum absolute atomic E-state index is 0.104. The quantitative estimate of drug-likeness (QED) is 0.849. The summed E-state index contributed by atoms with van der Waals surface area (Å²) in [6.07, 6.45) is 1.38. The van der Waals surface area contributed by atoms with Gasteiger partial charge in [-0.3, -0.25) is 0 Å². The molecule has 0 saturated heterocycles. The maximum absolute atomic E-state index is 5.61. The molecule has 21 heavy (non-hydrogen) atoms. The monoisotopic (exact) mass is 289 g/mol. The number of hydrogen-bond acceptors (Lipinski definition) is 5. The van der Waals surface area contributed by atoms with Crippen molar-refractivity contribution in [2.45, 2.75) is 39.2 Å². The molecule has 1 heterocycles. The molecule has 5 nitrogen and oxygen atoms in total. The van der Waals surface area contributed by atoms with Gasteiger partial charge >= 0.3 is 0 Å². The summed E-state index contributed by atoms with van der Waals surface area (Å²) in [4.78, 5) is 4.36. The number of para-hydroxylation sites is 1. The molecule has 5 heteroatoms. The molecule has 0 amide bonds. The molecule has 0 fully saturated rings. The zero-order chi connectivity index (χ0) is 15.1. The fraction of sp³-hybridized carbons (Fsp3) is 0.500. The first kappa shape index (κ1) is 15.5. The van der Waals surface area contributed by atoms with Gasteiger partial charge in [0.05, 0.1) is 6.61 Å². The van der Waals surface area contributed by atoms with Crippen molar-refractivity contribution in [2.75, 3.05) is 13.2 Å². The third kappa shape index (κ3) is 5.95. The van der Waals surface area contributed by atoms with Crippen LogP contribution < -0.4 is 10.1 Å². The molecule has 0 spiro atoms. The molecular formula is C16H23N3O2. The van der Waals surface area contributed by atoms with Crippen molar-refractivity contribution in [3.8, 4) is 5.75 Å². The van der Waals surface area contributed by atoms with E-state index in [4.69, 9.17) is 9.26 Å². The van der Waals surface area contributed by atoms with Crippen LogP contribution in [0, 0.1) is 0 Å². The second-order valence-electron chi connectivity index (χ2n) is 5.94. The third-order valence-corrected chi connectivity index (χ3v) is 2.84. The van der Waals surface area contributed by atoms with E-state index in [0.29, 0.717) is 24.7 Å². The average Bonchev–Trinajstić information content (AvgIpc) is 2.86. The number of rotatable bonds is 7. The maximum atomic E-state index is 5.61. The second-order valence-corrected chi connectivity index (χ2v) is 5.94. The van der Waals surface area contributed by atoms with E-state index in [1.807, 2.05) is 30.3 Å². The highest BCUT2D eigenvalue weighted by Gasteiger charge is 2.10. The largest absolute Gasteiger partial charge is 0.493 e. The summed E-state index contributed by atoms with van der Waals surface area (Å²) in [6, 6.07) is 9.72. The maximum Gasteiger partial charge on any atom is 0.227 e. The number of aromatic nitrogens is 2. The predicted octanol–water partition coefficient (Wildman–Crippen LogP) is 2.62. The number of ether oxygens (including phenoxy) is 1. The average molecular weight is 289 g/mol. The molecule has 114 valence electrons. The van der Waals surface area contributed by atoms with Crippen molar-refractivity contribution in [1.29, 1.82) is 0 Å². The highest BCUT2D eigenvalue weighted by Crippen LogP contribution is 2.09. The molecule has 0 bridgehead atoms. The molecule has 0 saturated carbocycles. The first-order valence-corrected chi connectivity index (χ1v) is 7.27. The van der Waals surface area contributed by atoms with Crippen LogP contribution in [-0.2, 0) is 12.8 Å². The van der Waals surface area contributed by atoms with Crippen LogP contribution in [0.5, 0.6) is 5.75 Å². The zero-order valence-electron chi connectivity index (χ0n) is 12.9. The molecule has 2 rings (SSSR count). The lowest BCUT2D eigenvalue weighted by Crippen LogP contribution is -2.37. The molecule has 1 N–H and O–H groups in total. The summed E-state index contributed by atoms with van der Waals surface area (Å²) in [5.74, 6) is 2.22. The molecule has 0 unspecified atom stereocenters. The standard InChI is InChI=1S/C16H23N3O2/c1-16(2,3)17-11-9-15-18-14(19-21-15)10-12-20-13-7-5-4-6-8-13/h4-8,17H,9-12H2,1-3H3. The highest BCUT2D eigenvalue weighted by atomic mass is 16.5. The Kier molecular flexibility index (Phi) is 5.33. The van der Waals surface area contributed by atoms with E-state index in [1.165, 1.54) is 0 Å². The summed E-state index contributed by atoms with van der Waals surface area (Å²) in [5.41, 5.74) is 0.104. The first-order chi connectivity index (χ1) is 10.0. The van der Waals surface area contributed by atoms with Crippen molar-refractivity contribution >= 4 is 0 Å². The minimum atomic E-state index is 0.104. The van der Waals surface area contributed by atoms with Gasteiger partial charge in [0.25, 0.3) is 0 Å². The third-order valence-electron chi connectivity index (χ3n) is 2.84. The number of nitrogens with zero attached hydrogens (tertiary/aromatic N) is 2. The van der Waals surface area contributed by atoms with Crippen molar-refractivity contribution < 1.29 is 9.26 Å². The van der Waals surface area contributed by atoms with Crippen LogP contribution in [0.2, 0.25) is 0 Å². The Morgan fingerprint density at radius 1 is 1.14 bits per heavy atom. The van der Waals surface area contributed by atoms with Crippen LogP contribution in [0.4, 0.5) is 0 Å². The van der Waals surface area contributed by atoms with E-state index in [2.05, 4.69) is 36.2 Å². The molecule has 0 aliphatic heterocycles. The van der Waals surface area contributed by atoms with Crippen molar-refractivity contribution in [3.05, 3.63) is 42.0 Å². The normalized spacial score (nSPS) is 11.6. The molecule has 0 aliphatic rings. The summed E-state index contributed by atoms with van der Waals surface area (Å²) in [7, 11) is 0. The van der Waals surface area contributed by atoms with Gasteiger partial charge in [-0.25, -0.2) is 0 Å². The fourth-order valence-corrected chi connectivity index (χ4v) is 1.81. The SMILES string of the molecule is CC(C)(C)NCCc1nc(CCOc2ccccc2)no1. The van der Waals surface area contributed by atoms with Gasteiger partial charge in [0.2, 0.25) is 5.89 Å². The lowest BCUT2D eigenvalue weighted by molar-refractivity contribution is 0.313. The molecular weight excluding hydrogens is 266 g/mol. The van der Waals surface area contributed by atoms with Crippen LogP contribution in [0.15, 0.2) is 34.9 Å². The molecule has 0 aliphatic carbocycles. The Morgan fingerprint density at radius 3 is 2.62 bits per heavy atom. The minimum Gasteiger partial charge on any atom is -0.493 e. The van der Waals surface area contributed by atoms with E-state index >= 15 is 0 Å². The van der Waals surface area contributed by atoms with Gasteiger partial charge in [-0.15, -0.1) is 0 Å². The lowest BCUT2D eigenvalue weighted by atomic mass is 10.1. The van der Waals surface area contributed by atoms with E-state index in [0.717, 1.165) is 18.7 Å². The van der Waals surface area contributed by atoms with Crippen LogP contribution in [0.3, 0.4) is 0 Å².